The molecule has 0 spiro atoms. The van der Waals surface area contributed by atoms with Crippen molar-refractivity contribution in [3.63, 3.8) is 0 Å². The van der Waals surface area contributed by atoms with Crippen LogP contribution < -0.4 is 0 Å². The maximum Gasteiger partial charge on any atom is 0.260 e. The molecule has 0 N–H and O–H groups in total. The molecular weight excluding hydrogens is 324 g/mol. The van der Waals surface area contributed by atoms with Gasteiger partial charge in [0, 0.05) is 0 Å². The molecule has 0 radical (unpaired) electrons. The topological polar surface area (TPSA) is 59.9 Å². The Bertz CT molecular complexity index is 918. The zero-order chi connectivity index (χ0) is 14.4. The zero-order valence-electron chi connectivity index (χ0n) is 10.6. The van der Waals surface area contributed by atoms with Gasteiger partial charge in [0.15, 0.2) is 0 Å². The molecule has 4 nitrogen and oxygen atoms in total. The first-order valence-electron chi connectivity index (χ1n) is 6.11. The van der Waals surface area contributed by atoms with E-state index in [4.69, 9.17) is 0 Å². The van der Waals surface area contributed by atoms with Gasteiger partial charge in [0.2, 0.25) is 8.68 Å². The third kappa shape index (κ3) is 2.05. The highest BCUT2D eigenvalue weighted by Crippen LogP contribution is 2.33. The third-order valence-corrected chi connectivity index (χ3v) is 7.59. The van der Waals surface area contributed by atoms with E-state index >= 15 is 0 Å². The number of rotatable bonds is 2. The van der Waals surface area contributed by atoms with E-state index < -0.39 is 9.84 Å². The number of thiazole rings is 2. The zero-order valence-corrected chi connectivity index (χ0v) is 13.0. The fourth-order valence-corrected chi connectivity index (χ4v) is 6.04. The van der Waals surface area contributed by atoms with Gasteiger partial charge in [-0.3, -0.25) is 0 Å². The van der Waals surface area contributed by atoms with Crippen molar-refractivity contribution in [2.75, 3.05) is 0 Å². The van der Waals surface area contributed by atoms with Gasteiger partial charge in [0.05, 0.1) is 20.4 Å². The molecule has 2 heterocycles. The maximum atomic E-state index is 12.7. The smallest absolute Gasteiger partial charge is 0.225 e. The Morgan fingerprint density at radius 1 is 0.714 bits per heavy atom. The standard InChI is InChI=1S/C14H8N2O2S3/c17-21(18,13-15-9-5-1-3-7-11(9)19-13)14-16-10-6-2-4-8-12(10)20-14/h1-8H. The molecule has 7 heteroatoms. The lowest BCUT2D eigenvalue weighted by molar-refractivity contribution is 0.595. The molecule has 0 amide bonds. The Kier molecular flexibility index (Phi) is 2.81. The van der Waals surface area contributed by atoms with Gasteiger partial charge in [-0.15, -0.1) is 22.7 Å². The minimum Gasteiger partial charge on any atom is -0.225 e. The van der Waals surface area contributed by atoms with Crippen LogP contribution in [0.4, 0.5) is 0 Å². The van der Waals surface area contributed by atoms with Crippen molar-refractivity contribution >= 4 is 52.9 Å². The van der Waals surface area contributed by atoms with Gasteiger partial charge in [-0.25, -0.2) is 18.4 Å². The molecule has 4 rings (SSSR count). The van der Waals surface area contributed by atoms with E-state index in [0.29, 0.717) is 11.0 Å². The number of benzene rings is 2. The quantitative estimate of drug-likeness (QED) is 0.561. The molecular formula is C14H8N2O2S3. The fraction of sp³-hybridized carbons (Fsp3) is 0. The van der Waals surface area contributed by atoms with Gasteiger partial charge < -0.3 is 0 Å². The van der Waals surface area contributed by atoms with Crippen LogP contribution in [0, 0.1) is 0 Å². The monoisotopic (exact) mass is 332 g/mol. The maximum absolute atomic E-state index is 12.7. The second-order valence-electron chi connectivity index (χ2n) is 4.40. The molecule has 2 aromatic heterocycles. The van der Waals surface area contributed by atoms with E-state index in [9.17, 15) is 8.42 Å². The molecule has 104 valence electrons. The molecule has 0 atom stereocenters. The molecule has 0 aliphatic heterocycles. The van der Waals surface area contributed by atoms with Gasteiger partial charge in [0.25, 0.3) is 9.84 Å². The minimum atomic E-state index is -3.65. The Morgan fingerprint density at radius 3 is 1.57 bits per heavy atom. The average molecular weight is 332 g/mol. The first kappa shape index (κ1) is 12.9. The van der Waals surface area contributed by atoms with Crippen molar-refractivity contribution in [1.82, 2.24) is 9.97 Å². The SMILES string of the molecule is O=S(=O)(c1nc2ccccc2s1)c1nc2ccccc2s1. The summed E-state index contributed by atoms with van der Waals surface area (Å²) in [6, 6.07) is 14.8. The molecule has 0 aliphatic rings. The molecule has 4 aromatic rings. The Morgan fingerprint density at radius 2 is 1.14 bits per heavy atom. The normalized spacial score (nSPS) is 12.2. The van der Waals surface area contributed by atoms with Crippen molar-refractivity contribution in [2.45, 2.75) is 8.68 Å². The van der Waals surface area contributed by atoms with Gasteiger partial charge in [-0.1, -0.05) is 24.3 Å². The van der Waals surface area contributed by atoms with Crippen LogP contribution in [0.1, 0.15) is 0 Å². The predicted molar refractivity (Wildman–Crippen MR) is 84.7 cm³/mol. The molecule has 0 fully saturated rings. The van der Waals surface area contributed by atoms with Crippen molar-refractivity contribution in [1.29, 1.82) is 0 Å². The second-order valence-corrected chi connectivity index (χ2v) is 8.76. The fourth-order valence-electron chi connectivity index (χ4n) is 2.01. The van der Waals surface area contributed by atoms with Crippen LogP contribution in [0.2, 0.25) is 0 Å². The lowest BCUT2D eigenvalue weighted by Gasteiger charge is -1.93. The number of hydrogen-bond acceptors (Lipinski definition) is 6. The minimum absolute atomic E-state index is 0.0998. The number of fused-ring (bicyclic) bond motifs is 2. The first-order valence-corrected chi connectivity index (χ1v) is 9.22. The van der Waals surface area contributed by atoms with Crippen molar-refractivity contribution in [3.8, 4) is 0 Å². The van der Waals surface area contributed by atoms with Crippen LogP contribution >= 0.6 is 22.7 Å². The van der Waals surface area contributed by atoms with Crippen molar-refractivity contribution in [3.05, 3.63) is 48.5 Å². The van der Waals surface area contributed by atoms with Crippen LogP contribution in [-0.4, -0.2) is 18.4 Å². The van der Waals surface area contributed by atoms with Crippen LogP contribution in [0.5, 0.6) is 0 Å². The lowest BCUT2D eigenvalue weighted by atomic mass is 10.3. The Hall–Kier alpha value is -1.83. The second kappa shape index (κ2) is 4.59. The summed E-state index contributed by atoms with van der Waals surface area (Å²) in [6.07, 6.45) is 0. The van der Waals surface area contributed by atoms with Crippen molar-refractivity contribution < 1.29 is 8.42 Å². The van der Waals surface area contributed by atoms with Crippen LogP contribution in [-0.2, 0) is 9.84 Å². The highest BCUT2D eigenvalue weighted by Gasteiger charge is 2.26. The van der Waals surface area contributed by atoms with Gasteiger partial charge in [-0.05, 0) is 24.3 Å². The molecule has 0 saturated heterocycles. The van der Waals surface area contributed by atoms with E-state index in [2.05, 4.69) is 9.97 Å². The summed E-state index contributed by atoms with van der Waals surface area (Å²) in [5.41, 5.74) is 1.39. The molecule has 0 saturated carbocycles. The van der Waals surface area contributed by atoms with Gasteiger partial charge >= 0.3 is 0 Å². The third-order valence-electron chi connectivity index (χ3n) is 3.01. The summed E-state index contributed by atoms with van der Waals surface area (Å²) in [6.45, 7) is 0. The van der Waals surface area contributed by atoms with E-state index in [1.807, 2.05) is 48.5 Å². The summed E-state index contributed by atoms with van der Waals surface area (Å²) in [5.74, 6) is 0. The Balaban J connectivity index is 1.92. The van der Waals surface area contributed by atoms with Gasteiger partial charge in [0.1, 0.15) is 0 Å². The summed E-state index contributed by atoms with van der Waals surface area (Å²) in [5, 5.41) is 0. The number of sulfone groups is 1. The summed E-state index contributed by atoms with van der Waals surface area (Å²) < 4.78 is 27.3. The molecule has 0 unspecified atom stereocenters. The summed E-state index contributed by atoms with van der Waals surface area (Å²) in [7, 11) is -3.65. The van der Waals surface area contributed by atoms with Crippen LogP contribution in [0.3, 0.4) is 0 Å². The summed E-state index contributed by atoms with van der Waals surface area (Å²) in [4.78, 5) is 8.46. The highest BCUT2D eigenvalue weighted by atomic mass is 32.3. The average Bonchev–Trinajstić information content (AvgIpc) is 3.11. The van der Waals surface area contributed by atoms with E-state index in [0.717, 1.165) is 9.40 Å². The van der Waals surface area contributed by atoms with E-state index in [-0.39, 0.29) is 8.68 Å². The van der Waals surface area contributed by atoms with E-state index in [1.54, 1.807) is 0 Å². The Labute approximate surface area is 128 Å². The van der Waals surface area contributed by atoms with E-state index in [1.165, 1.54) is 22.7 Å². The molecule has 21 heavy (non-hydrogen) atoms. The molecule has 0 bridgehead atoms. The van der Waals surface area contributed by atoms with Crippen LogP contribution in [0.15, 0.2) is 57.2 Å². The van der Waals surface area contributed by atoms with Crippen molar-refractivity contribution in [2.24, 2.45) is 0 Å². The lowest BCUT2D eigenvalue weighted by Crippen LogP contribution is -2.00. The molecule has 0 aliphatic carbocycles. The largest absolute Gasteiger partial charge is 0.260 e. The highest BCUT2D eigenvalue weighted by molar-refractivity contribution is 7.95. The number of aromatic nitrogens is 2. The number of nitrogens with zero attached hydrogens (tertiary/aromatic N) is 2. The first-order chi connectivity index (χ1) is 10.1. The number of para-hydroxylation sites is 2. The predicted octanol–water partition coefficient (Wildman–Crippen LogP) is 3.74. The van der Waals surface area contributed by atoms with Crippen LogP contribution in [0.25, 0.3) is 20.4 Å². The van der Waals surface area contributed by atoms with Gasteiger partial charge in [-0.2, -0.15) is 0 Å². The molecule has 2 aromatic carbocycles. The number of hydrogen-bond donors (Lipinski definition) is 0. The summed E-state index contributed by atoms with van der Waals surface area (Å²) >= 11 is 2.35.